The Morgan fingerprint density at radius 2 is 1.44 bits per heavy atom. The first kappa shape index (κ1) is 18.5. The van der Waals surface area contributed by atoms with Gasteiger partial charge in [0.1, 0.15) is 5.75 Å². The van der Waals surface area contributed by atoms with E-state index in [2.05, 4.69) is 17.6 Å². The van der Waals surface area contributed by atoms with E-state index in [-0.39, 0.29) is 5.91 Å². The van der Waals surface area contributed by atoms with Gasteiger partial charge in [-0.3, -0.25) is 4.79 Å². The number of nitrogens with one attached hydrogen (secondary N) is 2. The second-order valence-electron chi connectivity index (χ2n) is 6.32. The van der Waals surface area contributed by atoms with Crippen molar-refractivity contribution >= 4 is 23.0 Å². The topological polar surface area (TPSA) is 50.4 Å². The van der Waals surface area contributed by atoms with Crippen LogP contribution in [0.1, 0.15) is 19.4 Å². The third kappa shape index (κ3) is 5.35. The lowest BCUT2D eigenvalue weighted by molar-refractivity contribution is -0.122. The van der Waals surface area contributed by atoms with Crippen molar-refractivity contribution in [3.05, 3.63) is 84.4 Å². The maximum absolute atomic E-state index is 12.4. The van der Waals surface area contributed by atoms with Gasteiger partial charge in [0.25, 0.3) is 5.91 Å². The quantitative estimate of drug-likeness (QED) is 0.593. The molecule has 4 nitrogen and oxygen atoms in total. The summed E-state index contributed by atoms with van der Waals surface area (Å²) in [5.41, 5.74) is 3.95. The Balaban J connectivity index is 1.54. The maximum atomic E-state index is 12.4. The summed E-state index contributed by atoms with van der Waals surface area (Å²) < 4.78 is 5.73. The Labute approximate surface area is 160 Å². The molecule has 3 aromatic rings. The van der Waals surface area contributed by atoms with Crippen molar-refractivity contribution in [2.75, 3.05) is 10.6 Å². The van der Waals surface area contributed by atoms with Gasteiger partial charge in [0.05, 0.1) is 0 Å². The van der Waals surface area contributed by atoms with E-state index in [1.54, 1.807) is 6.92 Å². The third-order valence-corrected chi connectivity index (χ3v) is 4.23. The predicted octanol–water partition coefficient (Wildman–Crippen LogP) is 5.40. The van der Waals surface area contributed by atoms with Crippen molar-refractivity contribution in [3.63, 3.8) is 0 Å². The van der Waals surface area contributed by atoms with Crippen molar-refractivity contribution in [3.8, 4) is 5.75 Å². The van der Waals surface area contributed by atoms with Gasteiger partial charge >= 0.3 is 0 Å². The zero-order valence-electron chi connectivity index (χ0n) is 15.6. The summed E-state index contributed by atoms with van der Waals surface area (Å²) in [5, 5.41) is 6.20. The Morgan fingerprint density at radius 3 is 2.07 bits per heavy atom. The largest absolute Gasteiger partial charge is 0.481 e. The molecular formula is C23H24N2O2. The molecule has 0 radical (unpaired) electrons. The lowest BCUT2D eigenvalue weighted by atomic mass is 10.2. The van der Waals surface area contributed by atoms with Crippen LogP contribution in [0.5, 0.6) is 5.75 Å². The number of aryl methyl sites for hydroxylation is 1. The fourth-order valence-electron chi connectivity index (χ4n) is 2.63. The SMILES string of the molecule is CCc1ccc(OC(C)C(=O)Nc2ccc(Nc3ccccc3)cc2)cc1. The summed E-state index contributed by atoms with van der Waals surface area (Å²) in [4.78, 5) is 12.4. The molecule has 0 aliphatic carbocycles. The van der Waals surface area contributed by atoms with Gasteiger partial charge in [-0.1, -0.05) is 37.3 Å². The minimum absolute atomic E-state index is 0.182. The normalized spacial score (nSPS) is 11.5. The third-order valence-electron chi connectivity index (χ3n) is 4.23. The molecule has 0 heterocycles. The molecule has 0 bridgehead atoms. The van der Waals surface area contributed by atoms with Crippen LogP contribution in [0.25, 0.3) is 0 Å². The summed E-state index contributed by atoms with van der Waals surface area (Å²) in [6, 6.07) is 25.3. The first-order valence-corrected chi connectivity index (χ1v) is 9.12. The number of carbonyl (C=O) groups excluding carboxylic acids is 1. The Morgan fingerprint density at radius 1 is 0.852 bits per heavy atom. The zero-order chi connectivity index (χ0) is 19.1. The highest BCUT2D eigenvalue weighted by Gasteiger charge is 2.14. The van der Waals surface area contributed by atoms with E-state index in [0.717, 1.165) is 23.5 Å². The number of benzene rings is 3. The fourth-order valence-corrected chi connectivity index (χ4v) is 2.63. The van der Waals surface area contributed by atoms with E-state index in [0.29, 0.717) is 5.75 Å². The number of ether oxygens (including phenoxy) is 1. The minimum atomic E-state index is -0.584. The molecule has 0 spiro atoms. The molecular weight excluding hydrogens is 336 g/mol. The van der Waals surface area contributed by atoms with Crippen molar-refractivity contribution in [1.82, 2.24) is 0 Å². The van der Waals surface area contributed by atoms with Gasteiger partial charge in [0.15, 0.2) is 6.10 Å². The number of amides is 1. The summed E-state index contributed by atoms with van der Waals surface area (Å²) in [6.45, 7) is 3.85. The highest BCUT2D eigenvalue weighted by atomic mass is 16.5. The molecule has 1 amide bonds. The molecule has 1 atom stereocenters. The number of rotatable bonds is 7. The summed E-state index contributed by atoms with van der Waals surface area (Å²) >= 11 is 0. The highest BCUT2D eigenvalue weighted by Crippen LogP contribution is 2.19. The van der Waals surface area contributed by atoms with Crippen LogP contribution in [-0.4, -0.2) is 12.0 Å². The van der Waals surface area contributed by atoms with Crippen LogP contribution >= 0.6 is 0 Å². The first-order valence-electron chi connectivity index (χ1n) is 9.12. The van der Waals surface area contributed by atoms with E-state index in [9.17, 15) is 4.79 Å². The molecule has 3 rings (SSSR count). The zero-order valence-corrected chi connectivity index (χ0v) is 15.6. The van der Waals surface area contributed by atoms with E-state index in [1.165, 1.54) is 5.56 Å². The fraction of sp³-hybridized carbons (Fsp3) is 0.174. The van der Waals surface area contributed by atoms with Gasteiger partial charge in [-0.25, -0.2) is 0 Å². The standard InChI is InChI=1S/C23H24N2O2/c1-3-18-9-15-22(16-10-18)27-17(2)23(26)25-21-13-11-20(12-14-21)24-19-7-5-4-6-8-19/h4-17,24H,3H2,1-2H3,(H,25,26). The molecule has 3 aromatic carbocycles. The minimum Gasteiger partial charge on any atom is -0.481 e. The summed E-state index contributed by atoms with van der Waals surface area (Å²) in [6.07, 6.45) is 0.394. The van der Waals surface area contributed by atoms with Gasteiger partial charge < -0.3 is 15.4 Å². The lowest BCUT2D eigenvalue weighted by Crippen LogP contribution is -2.30. The molecule has 0 aliphatic heterocycles. The van der Waals surface area contributed by atoms with Gasteiger partial charge in [-0.2, -0.15) is 0 Å². The molecule has 0 fully saturated rings. The maximum Gasteiger partial charge on any atom is 0.265 e. The Kier molecular flexibility index (Phi) is 6.10. The Bertz CT molecular complexity index is 859. The van der Waals surface area contributed by atoms with Crippen molar-refractivity contribution < 1.29 is 9.53 Å². The number of anilines is 3. The smallest absolute Gasteiger partial charge is 0.265 e. The molecule has 0 saturated carbocycles. The van der Waals surface area contributed by atoms with Crippen LogP contribution < -0.4 is 15.4 Å². The van der Waals surface area contributed by atoms with Gasteiger partial charge in [-0.05, 0) is 67.4 Å². The molecule has 0 aromatic heterocycles. The van der Waals surface area contributed by atoms with Crippen molar-refractivity contribution in [1.29, 1.82) is 0 Å². The first-order chi connectivity index (χ1) is 13.1. The summed E-state index contributed by atoms with van der Waals surface area (Å²) in [7, 11) is 0. The van der Waals surface area contributed by atoms with Gasteiger partial charge in [0.2, 0.25) is 0 Å². The summed E-state index contributed by atoms with van der Waals surface area (Å²) in [5.74, 6) is 0.510. The van der Waals surface area contributed by atoms with Crippen LogP contribution in [-0.2, 0) is 11.2 Å². The molecule has 2 N–H and O–H groups in total. The second kappa shape index (κ2) is 8.90. The van der Waals surface area contributed by atoms with Gasteiger partial charge in [0, 0.05) is 17.1 Å². The molecule has 0 aliphatic rings. The number of hydrogen-bond donors (Lipinski definition) is 2. The number of carbonyl (C=O) groups is 1. The van der Waals surface area contributed by atoms with Crippen LogP contribution in [0, 0.1) is 0 Å². The van der Waals surface area contributed by atoms with Crippen LogP contribution in [0.2, 0.25) is 0 Å². The van der Waals surface area contributed by atoms with E-state index in [4.69, 9.17) is 4.74 Å². The monoisotopic (exact) mass is 360 g/mol. The Hall–Kier alpha value is -3.27. The molecule has 0 saturated heterocycles. The predicted molar refractivity (Wildman–Crippen MR) is 111 cm³/mol. The van der Waals surface area contributed by atoms with Crippen LogP contribution in [0.4, 0.5) is 17.1 Å². The second-order valence-corrected chi connectivity index (χ2v) is 6.32. The van der Waals surface area contributed by atoms with Crippen LogP contribution in [0.15, 0.2) is 78.9 Å². The van der Waals surface area contributed by atoms with Crippen molar-refractivity contribution in [2.24, 2.45) is 0 Å². The molecule has 1 unspecified atom stereocenters. The molecule has 27 heavy (non-hydrogen) atoms. The van der Waals surface area contributed by atoms with Crippen molar-refractivity contribution in [2.45, 2.75) is 26.4 Å². The number of para-hydroxylation sites is 1. The van der Waals surface area contributed by atoms with E-state index < -0.39 is 6.10 Å². The van der Waals surface area contributed by atoms with Gasteiger partial charge in [-0.15, -0.1) is 0 Å². The molecule has 138 valence electrons. The average Bonchev–Trinajstić information content (AvgIpc) is 2.71. The average molecular weight is 360 g/mol. The van der Waals surface area contributed by atoms with Crippen LogP contribution in [0.3, 0.4) is 0 Å². The lowest BCUT2D eigenvalue weighted by Gasteiger charge is -2.15. The molecule has 4 heteroatoms. The number of hydrogen-bond acceptors (Lipinski definition) is 3. The highest BCUT2D eigenvalue weighted by molar-refractivity contribution is 5.94. The van der Waals surface area contributed by atoms with E-state index in [1.807, 2.05) is 78.9 Å². The van der Waals surface area contributed by atoms with E-state index >= 15 is 0 Å².